The van der Waals surface area contributed by atoms with E-state index in [9.17, 15) is 57.9 Å². The molecule has 28 heteroatoms. The van der Waals surface area contributed by atoms with E-state index in [4.69, 9.17) is 19.5 Å². The van der Waals surface area contributed by atoms with Crippen LogP contribution in [0.3, 0.4) is 0 Å². The molecule has 0 saturated carbocycles. The second-order valence-corrected chi connectivity index (χ2v) is 20.0. The molecule has 1 saturated heterocycles. The molecule has 0 aromatic carbocycles. The number of ether oxygens (including phenoxy) is 1. The molecular formula is C34H56N7O17P3S. The van der Waals surface area contributed by atoms with Gasteiger partial charge in [-0.15, -0.1) is 5.73 Å². The zero-order valence-electron chi connectivity index (χ0n) is 34.4. The number of hydrogen-bond acceptors (Lipinski definition) is 18. The zero-order chi connectivity index (χ0) is 46.1. The molecule has 7 atom stereocenters. The summed E-state index contributed by atoms with van der Waals surface area (Å²) in [7, 11) is -16.4. The van der Waals surface area contributed by atoms with Crippen molar-refractivity contribution in [3.63, 3.8) is 0 Å². The fourth-order valence-corrected chi connectivity index (χ4v) is 9.15. The number of carbonyl (C=O) groups is 3. The second kappa shape index (κ2) is 25.0. The summed E-state index contributed by atoms with van der Waals surface area (Å²) >= 11 is 1.06. The number of nitrogens with zero attached hydrogens (tertiary/aromatic N) is 4. The van der Waals surface area contributed by atoms with Gasteiger partial charge in [-0.1, -0.05) is 64.6 Å². The van der Waals surface area contributed by atoms with Gasteiger partial charge in [-0.25, -0.2) is 28.6 Å². The van der Waals surface area contributed by atoms with E-state index in [0.717, 1.165) is 41.8 Å². The predicted octanol–water partition coefficient (Wildman–Crippen LogP) is 2.52. The first-order chi connectivity index (χ1) is 29.1. The predicted molar refractivity (Wildman–Crippen MR) is 222 cm³/mol. The standard InChI is InChI=1S/C34H56N7O17P3S/c1-4-5-6-7-8-9-10-11-12-13-14-25(43)62-18-17-36-24(42)15-16-37-32(46)29(45)34(2,3)20-55-61(52,53)58-60(50,51)54-19-23-28(57-59(47,48)49)27(44)33(56-23)41-22-40-26-30(35)38-21-39-31(26)41/h11,13,21-23,27-29,33,44-45H,4-10,14-20H2,1-3H3,(H,36,42)(H,37,46)(H,50,51)(H,52,53)(H2,35,38,39)(H2,47,48,49)/t12?,23-,27-,28-,29+,33+/m1/s1. The van der Waals surface area contributed by atoms with E-state index in [0.29, 0.717) is 5.75 Å². The molecule has 3 rings (SSSR count). The van der Waals surface area contributed by atoms with E-state index < -0.39 is 84.6 Å². The van der Waals surface area contributed by atoms with Crippen molar-refractivity contribution in [3.8, 4) is 0 Å². The molecule has 0 bridgehead atoms. The molecule has 350 valence electrons. The Labute approximate surface area is 361 Å². The number of fused-ring (bicyclic) bond motifs is 1. The van der Waals surface area contributed by atoms with E-state index in [1.807, 2.05) is 6.08 Å². The number of unbranched alkanes of at least 4 members (excludes halogenated alkanes) is 6. The lowest BCUT2D eigenvalue weighted by molar-refractivity contribution is -0.137. The van der Waals surface area contributed by atoms with Gasteiger partial charge in [-0.2, -0.15) is 4.31 Å². The number of nitrogens with one attached hydrogen (secondary N) is 2. The number of allylic oxidation sites excluding steroid dienone is 1. The molecule has 2 aromatic heterocycles. The lowest BCUT2D eigenvalue weighted by Crippen LogP contribution is -2.46. The summed E-state index contributed by atoms with van der Waals surface area (Å²) in [6, 6.07) is 0. The molecular weight excluding hydrogens is 903 g/mol. The summed E-state index contributed by atoms with van der Waals surface area (Å²) in [5.41, 5.74) is 7.29. The summed E-state index contributed by atoms with van der Waals surface area (Å²) < 4.78 is 62.3. The Hall–Kier alpha value is -2.92. The molecule has 2 aromatic rings. The Morgan fingerprint density at radius 2 is 1.71 bits per heavy atom. The number of aliphatic hydroxyl groups excluding tert-OH is 2. The normalized spacial score (nSPS) is 20.5. The van der Waals surface area contributed by atoms with Crippen LogP contribution in [0.4, 0.5) is 5.82 Å². The SMILES string of the molecule is CCCCCCCCC=C=CCC(=O)SCCNC(=O)CCNC(=O)[C@H](O)C(C)(C)COP(=O)(O)OP(=O)(O)OC[C@H]1O[C@H](n2cnc3c(N)ncnc32)[C@H](O)[C@@H]1OP(=O)(O)O. The van der Waals surface area contributed by atoms with Crippen molar-refractivity contribution < 1.29 is 80.5 Å². The van der Waals surface area contributed by atoms with Gasteiger partial charge in [-0.3, -0.25) is 32.5 Å². The number of aromatic nitrogens is 4. The highest BCUT2D eigenvalue weighted by Crippen LogP contribution is 2.61. The topological polar surface area (TPSA) is 364 Å². The number of imidazole rings is 1. The Kier molecular flexibility index (Phi) is 21.5. The third-order valence-corrected chi connectivity index (χ3v) is 13.0. The summed E-state index contributed by atoms with van der Waals surface area (Å²) in [6.07, 6.45) is 5.05. The van der Waals surface area contributed by atoms with Crippen LogP contribution in [-0.4, -0.2) is 123 Å². The number of phosphoric ester groups is 3. The number of phosphoric acid groups is 3. The molecule has 0 spiro atoms. The molecule has 2 unspecified atom stereocenters. The molecule has 1 aliphatic rings. The summed E-state index contributed by atoms with van der Waals surface area (Å²) in [5.74, 6) is -1.12. The van der Waals surface area contributed by atoms with Gasteiger partial charge in [0.25, 0.3) is 0 Å². The monoisotopic (exact) mass is 959 g/mol. The number of hydrogen-bond donors (Lipinski definition) is 9. The van der Waals surface area contributed by atoms with E-state index in [1.165, 1.54) is 46.0 Å². The quantitative estimate of drug-likeness (QED) is 0.0336. The van der Waals surface area contributed by atoms with Gasteiger partial charge < -0.3 is 50.9 Å². The third kappa shape index (κ3) is 18.3. The number of aliphatic hydroxyl groups is 2. The smallest absolute Gasteiger partial charge is 0.386 e. The van der Waals surface area contributed by atoms with Crippen molar-refractivity contribution in [1.29, 1.82) is 0 Å². The molecule has 3 heterocycles. The van der Waals surface area contributed by atoms with Crippen LogP contribution in [0.15, 0.2) is 30.5 Å². The number of nitrogen functional groups attached to an aromatic ring is 1. The van der Waals surface area contributed by atoms with Gasteiger partial charge in [0.2, 0.25) is 11.8 Å². The Morgan fingerprint density at radius 1 is 1.02 bits per heavy atom. The Morgan fingerprint density at radius 3 is 2.42 bits per heavy atom. The molecule has 62 heavy (non-hydrogen) atoms. The number of carbonyl (C=O) groups excluding carboxylic acids is 3. The van der Waals surface area contributed by atoms with Gasteiger partial charge in [0.15, 0.2) is 22.8 Å². The van der Waals surface area contributed by atoms with E-state index in [2.05, 4.69) is 47.1 Å². The maximum absolute atomic E-state index is 12.7. The maximum Gasteiger partial charge on any atom is 0.481 e. The van der Waals surface area contributed by atoms with E-state index in [-0.39, 0.29) is 48.0 Å². The van der Waals surface area contributed by atoms with Gasteiger partial charge in [0, 0.05) is 37.1 Å². The molecule has 1 aliphatic heterocycles. The summed E-state index contributed by atoms with van der Waals surface area (Å²) in [4.78, 5) is 87.9. The summed E-state index contributed by atoms with van der Waals surface area (Å²) in [5, 5.41) is 26.4. The fraction of sp³-hybridized carbons (Fsp3) is 0.676. The minimum Gasteiger partial charge on any atom is -0.386 e. The first-order valence-electron chi connectivity index (χ1n) is 19.5. The van der Waals surface area contributed by atoms with E-state index in [1.54, 1.807) is 6.08 Å². The van der Waals surface area contributed by atoms with Crippen LogP contribution in [0.25, 0.3) is 11.2 Å². The van der Waals surface area contributed by atoms with Crippen LogP contribution in [-0.2, 0) is 50.7 Å². The van der Waals surface area contributed by atoms with E-state index >= 15 is 0 Å². The van der Waals surface area contributed by atoms with Crippen LogP contribution in [0, 0.1) is 5.41 Å². The largest absolute Gasteiger partial charge is 0.481 e. The Bertz CT molecular complexity index is 2010. The van der Waals surface area contributed by atoms with Crippen LogP contribution < -0.4 is 16.4 Å². The van der Waals surface area contributed by atoms with Crippen LogP contribution in [0.5, 0.6) is 0 Å². The second-order valence-electron chi connectivity index (χ2n) is 14.6. The Balaban J connectivity index is 1.39. The minimum absolute atomic E-state index is 0.0306. The van der Waals surface area contributed by atoms with Gasteiger partial charge in [0.1, 0.15) is 36.3 Å². The minimum atomic E-state index is -5.58. The van der Waals surface area contributed by atoms with Gasteiger partial charge >= 0.3 is 23.5 Å². The van der Waals surface area contributed by atoms with Crippen molar-refractivity contribution in [2.45, 2.75) is 109 Å². The summed E-state index contributed by atoms with van der Waals surface area (Å²) in [6.45, 7) is 2.67. The fourth-order valence-electron chi connectivity index (χ4n) is 5.69. The maximum atomic E-state index is 12.7. The molecule has 10 N–H and O–H groups in total. The molecule has 24 nitrogen and oxygen atoms in total. The van der Waals surface area contributed by atoms with Crippen LogP contribution >= 0.6 is 35.2 Å². The van der Waals surface area contributed by atoms with Crippen LogP contribution in [0.1, 0.15) is 84.8 Å². The highest BCUT2D eigenvalue weighted by atomic mass is 32.2. The lowest BCUT2D eigenvalue weighted by atomic mass is 9.87. The number of nitrogens with two attached hydrogens (primary N) is 1. The number of thioether (sulfide) groups is 1. The highest BCUT2D eigenvalue weighted by Gasteiger charge is 2.50. The third-order valence-electron chi connectivity index (χ3n) is 8.97. The molecule has 2 amide bonds. The number of anilines is 1. The lowest BCUT2D eigenvalue weighted by Gasteiger charge is -2.30. The average molecular weight is 960 g/mol. The van der Waals surface area contributed by atoms with Crippen molar-refractivity contribution in [2.24, 2.45) is 5.41 Å². The zero-order valence-corrected chi connectivity index (χ0v) is 37.9. The van der Waals surface area contributed by atoms with Gasteiger partial charge in [0.05, 0.1) is 19.5 Å². The highest BCUT2D eigenvalue weighted by molar-refractivity contribution is 8.13. The van der Waals surface area contributed by atoms with Crippen molar-refractivity contribution in [3.05, 3.63) is 30.5 Å². The number of amides is 2. The molecule has 1 fully saturated rings. The molecule has 0 aliphatic carbocycles. The van der Waals surface area contributed by atoms with Crippen molar-refractivity contribution in [1.82, 2.24) is 30.2 Å². The van der Waals surface area contributed by atoms with Gasteiger partial charge in [-0.05, 0) is 25.0 Å². The first kappa shape index (κ1) is 53.4. The van der Waals surface area contributed by atoms with Crippen molar-refractivity contribution >= 4 is 69.1 Å². The first-order valence-corrected chi connectivity index (χ1v) is 25.0. The van der Waals surface area contributed by atoms with Crippen molar-refractivity contribution in [2.75, 3.05) is 37.8 Å². The average Bonchev–Trinajstić information content (AvgIpc) is 3.75. The number of rotatable bonds is 28. The molecule has 0 radical (unpaired) electrons. The van der Waals surface area contributed by atoms with Crippen LogP contribution in [0.2, 0.25) is 0 Å².